The zero-order chi connectivity index (χ0) is 32.4. The minimum absolute atomic E-state index is 0.105. The number of hydrogen-bond acceptors (Lipinski definition) is 5. The van der Waals surface area contributed by atoms with Crippen molar-refractivity contribution >= 4 is 34.4 Å². The second kappa shape index (κ2) is 17.4. The molecule has 42 heavy (non-hydrogen) atoms. The van der Waals surface area contributed by atoms with Crippen LogP contribution in [-0.2, 0) is 18.4 Å². The number of unbranched alkanes of at least 4 members (excludes halogenated alkanes) is 3. The lowest BCUT2D eigenvalue weighted by Gasteiger charge is -2.40. The van der Waals surface area contributed by atoms with Gasteiger partial charge in [0, 0.05) is 12.3 Å². The quantitative estimate of drug-likeness (QED) is 0.0645. The molecular weight excluding hydrogens is 573 g/mol. The standard InChI is InChI=1S/C35H68O4SSi2/c1-15-16-20-27(2)25-29(38-41(11,12)34(4,5)6)22-23-30-31(39-42(13,14)35(7,8)9)26-28(3)33(30)40-24-19-17-18-21-32(36)37-10/h22-23,27,29-31H,15-21,24-26H2,1-14H3/b23-22+/t27-,29-,30+,31-/m1/s1. The van der Waals surface area contributed by atoms with Crippen molar-refractivity contribution in [3.8, 4) is 0 Å². The van der Waals surface area contributed by atoms with Crippen molar-refractivity contribution in [2.45, 2.75) is 169 Å². The molecule has 0 radical (unpaired) electrons. The Morgan fingerprint density at radius 3 is 2.17 bits per heavy atom. The van der Waals surface area contributed by atoms with Crippen molar-refractivity contribution < 1.29 is 18.4 Å². The molecule has 4 nitrogen and oxygen atoms in total. The van der Waals surface area contributed by atoms with E-state index < -0.39 is 16.6 Å². The maximum Gasteiger partial charge on any atom is 0.305 e. The highest BCUT2D eigenvalue weighted by Gasteiger charge is 2.43. The van der Waals surface area contributed by atoms with Gasteiger partial charge in [-0.25, -0.2) is 0 Å². The van der Waals surface area contributed by atoms with Crippen LogP contribution < -0.4 is 0 Å². The lowest BCUT2D eigenvalue weighted by Crippen LogP contribution is -2.45. The molecule has 0 saturated heterocycles. The van der Waals surface area contributed by atoms with Gasteiger partial charge in [0.2, 0.25) is 0 Å². The molecule has 0 aliphatic heterocycles. The molecule has 0 aromatic carbocycles. The summed E-state index contributed by atoms with van der Waals surface area (Å²) in [6.07, 6.45) is 14.7. The van der Waals surface area contributed by atoms with E-state index in [1.165, 1.54) is 36.9 Å². The fourth-order valence-electron chi connectivity index (χ4n) is 4.95. The summed E-state index contributed by atoms with van der Waals surface area (Å²) in [6.45, 7) is 30.6. The monoisotopic (exact) mass is 640 g/mol. The fourth-order valence-corrected chi connectivity index (χ4v) is 8.89. The lowest BCUT2D eigenvalue weighted by atomic mass is 9.96. The van der Waals surface area contributed by atoms with Crippen molar-refractivity contribution in [1.82, 2.24) is 0 Å². The molecule has 7 heteroatoms. The maximum atomic E-state index is 11.5. The molecule has 4 atom stereocenters. The highest BCUT2D eigenvalue weighted by Crippen LogP contribution is 2.46. The van der Waals surface area contributed by atoms with E-state index in [0.29, 0.717) is 12.3 Å². The Kier molecular flexibility index (Phi) is 16.4. The zero-order valence-corrected chi connectivity index (χ0v) is 32.9. The largest absolute Gasteiger partial charge is 0.469 e. The van der Waals surface area contributed by atoms with E-state index in [1.54, 1.807) is 0 Å². The molecule has 0 spiro atoms. The molecule has 1 aliphatic rings. The van der Waals surface area contributed by atoms with Crippen LogP contribution in [0.25, 0.3) is 0 Å². The number of carbonyl (C=O) groups excluding carboxylic acids is 1. The number of methoxy groups -OCH3 is 1. The molecule has 1 aliphatic carbocycles. The molecule has 0 N–H and O–H groups in total. The van der Waals surface area contributed by atoms with Crippen molar-refractivity contribution in [2.24, 2.45) is 11.8 Å². The van der Waals surface area contributed by atoms with E-state index in [-0.39, 0.29) is 34.2 Å². The Labute approximate surface area is 267 Å². The first-order valence-electron chi connectivity index (χ1n) is 16.7. The SMILES string of the molecule is CCCC[C@@H](C)C[C@@H](/C=C/[C@@H]1C(SCCCCCC(=O)OC)=C(C)C[C@H]1O[Si](C)(C)C(C)(C)C)O[Si](C)(C)C(C)(C)C. The highest BCUT2D eigenvalue weighted by molar-refractivity contribution is 8.03. The van der Waals surface area contributed by atoms with Crippen LogP contribution in [0.15, 0.2) is 22.6 Å². The predicted molar refractivity (Wildman–Crippen MR) is 190 cm³/mol. The van der Waals surface area contributed by atoms with E-state index in [0.717, 1.165) is 37.9 Å². The van der Waals surface area contributed by atoms with Gasteiger partial charge in [-0.05, 0) is 85.4 Å². The summed E-state index contributed by atoms with van der Waals surface area (Å²) >= 11 is 2.01. The number of thioether (sulfide) groups is 1. The second-order valence-corrected chi connectivity index (χ2v) is 26.5. The van der Waals surface area contributed by atoms with Gasteiger partial charge in [-0.3, -0.25) is 4.79 Å². The maximum absolute atomic E-state index is 11.5. The van der Waals surface area contributed by atoms with Gasteiger partial charge in [0.15, 0.2) is 16.6 Å². The number of esters is 1. The van der Waals surface area contributed by atoms with Gasteiger partial charge in [-0.1, -0.05) is 98.8 Å². The number of rotatable bonds is 18. The summed E-state index contributed by atoms with van der Waals surface area (Å²) in [4.78, 5) is 13.0. The minimum atomic E-state index is -1.93. The van der Waals surface area contributed by atoms with E-state index >= 15 is 0 Å². The Bertz CT molecular complexity index is 882. The topological polar surface area (TPSA) is 44.8 Å². The van der Waals surface area contributed by atoms with Crippen LogP contribution in [0.3, 0.4) is 0 Å². The molecule has 246 valence electrons. The van der Waals surface area contributed by atoms with Crippen molar-refractivity contribution in [2.75, 3.05) is 12.9 Å². The van der Waals surface area contributed by atoms with Crippen LogP contribution in [0.2, 0.25) is 36.3 Å². The van der Waals surface area contributed by atoms with Gasteiger partial charge in [0.25, 0.3) is 0 Å². The summed E-state index contributed by atoms with van der Waals surface area (Å²) in [5.74, 6) is 1.88. The van der Waals surface area contributed by atoms with Crippen LogP contribution >= 0.6 is 11.8 Å². The second-order valence-electron chi connectivity index (χ2n) is 15.8. The third-order valence-corrected chi connectivity index (χ3v) is 20.3. The van der Waals surface area contributed by atoms with Crippen molar-refractivity contribution in [3.05, 3.63) is 22.6 Å². The molecule has 0 aromatic heterocycles. The minimum Gasteiger partial charge on any atom is -0.469 e. The Hall–Kier alpha value is -0.346. The third kappa shape index (κ3) is 12.9. The molecule has 0 unspecified atom stereocenters. The van der Waals surface area contributed by atoms with Crippen LogP contribution in [-0.4, -0.2) is 47.7 Å². The van der Waals surface area contributed by atoms with E-state index in [1.807, 2.05) is 11.8 Å². The molecule has 0 saturated carbocycles. The Morgan fingerprint density at radius 1 is 1.00 bits per heavy atom. The van der Waals surface area contributed by atoms with Crippen LogP contribution in [0.1, 0.15) is 120 Å². The highest BCUT2D eigenvalue weighted by atomic mass is 32.2. The summed E-state index contributed by atoms with van der Waals surface area (Å²) in [5, 5.41) is 0.353. The first-order valence-corrected chi connectivity index (χ1v) is 23.5. The van der Waals surface area contributed by atoms with Crippen molar-refractivity contribution in [1.29, 1.82) is 0 Å². The molecule has 1 rings (SSSR count). The van der Waals surface area contributed by atoms with Gasteiger partial charge in [0.1, 0.15) is 0 Å². The van der Waals surface area contributed by atoms with Crippen LogP contribution in [0, 0.1) is 11.8 Å². The summed E-state index contributed by atoms with van der Waals surface area (Å²) < 4.78 is 19.0. The number of hydrogen-bond donors (Lipinski definition) is 0. The number of ether oxygens (including phenoxy) is 1. The first kappa shape index (κ1) is 39.7. The molecule has 0 heterocycles. The van der Waals surface area contributed by atoms with Gasteiger partial charge in [0.05, 0.1) is 19.3 Å². The molecule has 0 aromatic rings. The average Bonchev–Trinajstić information content (AvgIpc) is 3.14. The predicted octanol–water partition coefficient (Wildman–Crippen LogP) is 11.3. The number of carbonyl (C=O) groups is 1. The van der Waals surface area contributed by atoms with Gasteiger partial charge in [-0.2, -0.15) is 0 Å². The molecular formula is C35H68O4SSi2. The molecule has 0 fully saturated rings. The van der Waals surface area contributed by atoms with E-state index in [2.05, 4.69) is 101 Å². The molecule has 0 amide bonds. The Morgan fingerprint density at radius 2 is 1.62 bits per heavy atom. The van der Waals surface area contributed by atoms with E-state index in [4.69, 9.17) is 13.6 Å². The summed E-state index contributed by atoms with van der Waals surface area (Å²) in [5.41, 5.74) is 1.48. The van der Waals surface area contributed by atoms with Crippen LogP contribution in [0.4, 0.5) is 0 Å². The third-order valence-electron chi connectivity index (χ3n) is 9.86. The summed E-state index contributed by atoms with van der Waals surface area (Å²) in [7, 11) is -2.39. The van der Waals surface area contributed by atoms with Gasteiger partial charge >= 0.3 is 5.97 Å². The van der Waals surface area contributed by atoms with Crippen LogP contribution in [0.5, 0.6) is 0 Å². The zero-order valence-electron chi connectivity index (χ0n) is 30.1. The normalized spacial score (nSPS) is 20.4. The average molecular weight is 641 g/mol. The smallest absolute Gasteiger partial charge is 0.305 e. The van der Waals surface area contributed by atoms with Crippen molar-refractivity contribution in [3.63, 3.8) is 0 Å². The first-order chi connectivity index (χ1) is 19.3. The van der Waals surface area contributed by atoms with Gasteiger partial charge < -0.3 is 13.6 Å². The fraction of sp³-hybridized carbons (Fsp3) is 0.857. The van der Waals surface area contributed by atoms with Gasteiger partial charge in [-0.15, -0.1) is 11.8 Å². The van der Waals surface area contributed by atoms with E-state index in [9.17, 15) is 4.79 Å². The Balaban J connectivity index is 3.23. The molecule has 0 bridgehead atoms. The summed E-state index contributed by atoms with van der Waals surface area (Å²) in [6, 6.07) is 0. The lowest BCUT2D eigenvalue weighted by molar-refractivity contribution is -0.140.